The molecule has 0 bridgehead atoms. The maximum Gasteiger partial charge on any atom is 0.302 e. The maximum atomic E-state index is 12.2. The Morgan fingerprint density at radius 1 is 0.949 bits per heavy atom. The largest absolute Gasteiger partial charge is 0.461 e. The van der Waals surface area contributed by atoms with Crippen molar-refractivity contribution in [2.45, 2.75) is 117 Å². The molecule has 5 aliphatic carbocycles. The Morgan fingerprint density at radius 2 is 1.62 bits per heavy atom. The zero-order valence-corrected chi connectivity index (χ0v) is 26.3. The number of piperazine rings is 1. The minimum Gasteiger partial charge on any atom is -0.461 e. The van der Waals surface area contributed by atoms with Crippen molar-refractivity contribution in [1.29, 1.82) is 0 Å². The van der Waals surface area contributed by atoms with Gasteiger partial charge in [0, 0.05) is 32.1 Å². The summed E-state index contributed by atoms with van der Waals surface area (Å²) in [5.41, 5.74) is 1.08. The third-order valence-corrected chi connectivity index (χ3v) is 13.8. The van der Waals surface area contributed by atoms with Crippen LogP contribution < -0.4 is 0 Å². The number of carbonyl (C=O) groups excluding carboxylic acids is 1. The number of quaternary nitrogens is 1. The monoisotopic (exact) mass is 542 g/mol. The highest BCUT2D eigenvalue weighted by molar-refractivity contribution is 5.66. The van der Waals surface area contributed by atoms with Gasteiger partial charge in [-0.3, -0.25) is 9.69 Å². The molecule has 1 heterocycles. The molecule has 6 rings (SSSR count). The van der Waals surface area contributed by atoms with E-state index >= 15 is 0 Å². The number of ether oxygens (including phenoxy) is 1. The third kappa shape index (κ3) is 4.73. The van der Waals surface area contributed by atoms with Crippen LogP contribution in [0.2, 0.25) is 0 Å². The highest BCUT2D eigenvalue weighted by Crippen LogP contribution is 2.73. The van der Waals surface area contributed by atoms with Gasteiger partial charge in [0.1, 0.15) is 6.10 Å². The molecule has 2 unspecified atom stereocenters. The summed E-state index contributed by atoms with van der Waals surface area (Å²) in [5.74, 6) is 4.39. The van der Waals surface area contributed by atoms with Crippen molar-refractivity contribution in [2.24, 2.45) is 40.4 Å². The van der Waals surface area contributed by atoms with Crippen molar-refractivity contribution >= 4 is 5.97 Å². The number of rotatable bonds is 7. The molecule has 6 fully saturated rings. The Hall–Kier alpha value is -0.650. The standard InChI is InChI=1S/C34H60N3O2/c1-7-15-35(16-8-2)30-22-29-26-10-9-25-21-32(39-24(3)38)31(36-17-19-37(5,6)20-18-36)23-33(25,4)27(26)11-13-34(29)14-12-28(30)34/h25-32H,7-23H2,1-6H3/q+1/t25-,26+,27-,28?,29-,30?,31-,32-,33-,34-/m0/s1. The Balaban J connectivity index is 1.24. The van der Waals surface area contributed by atoms with Crippen molar-refractivity contribution in [3.8, 4) is 0 Å². The average Bonchev–Trinajstić information content (AvgIpc) is 3.10. The van der Waals surface area contributed by atoms with Gasteiger partial charge < -0.3 is 14.1 Å². The highest BCUT2D eigenvalue weighted by atomic mass is 16.5. The fraction of sp³-hybridized carbons (Fsp3) is 0.971. The van der Waals surface area contributed by atoms with Gasteiger partial charge in [0.25, 0.3) is 0 Å². The van der Waals surface area contributed by atoms with Gasteiger partial charge in [0.05, 0.1) is 27.2 Å². The van der Waals surface area contributed by atoms with Crippen molar-refractivity contribution in [1.82, 2.24) is 9.80 Å². The molecule has 0 radical (unpaired) electrons. The fourth-order valence-electron chi connectivity index (χ4n) is 11.8. The first kappa shape index (κ1) is 28.5. The second-order valence-corrected chi connectivity index (χ2v) is 16.0. The van der Waals surface area contributed by atoms with E-state index in [4.69, 9.17) is 4.74 Å². The molecule has 0 aromatic rings. The van der Waals surface area contributed by atoms with Crippen LogP contribution in [0, 0.1) is 40.4 Å². The smallest absolute Gasteiger partial charge is 0.302 e. The maximum absolute atomic E-state index is 12.2. The normalized spacial score (nSPS) is 46.9. The Morgan fingerprint density at radius 3 is 2.23 bits per heavy atom. The number of fused-ring (bicyclic) bond motifs is 4. The van der Waals surface area contributed by atoms with Crippen LogP contribution in [0.4, 0.5) is 0 Å². The molecule has 6 aliphatic rings. The third-order valence-electron chi connectivity index (χ3n) is 13.8. The fourth-order valence-corrected chi connectivity index (χ4v) is 11.8. The van der Waals surface area contributed by atoms with Gasteiger partial charge in [-0.2, -0.15) is 0 Å². The Bertz CT molecular complexity index is 891. The molecule has 10 atom stereocenters. The van der Waals surface area contributed by atoms with Crippen LogP contribution >= 0.6 is 0 Å². The lowest BCUT2D eigenvalue weighted by molar-refractivity contribution is -0.894. The molecule has 1 aliphatic heterocycles. The minimum absolute atomic E-state index is 0.0771. The number of carbonyl (C=O) groups is 1. The molecule has 0 aromatic heterocycles. The van der Waals surface area contributed by atoms with E-state index in [0.29, 0.717) is 16.9 Å². The van der Waals surface area contributed by atoms with Gasteiger partial charge in [-0.15, -0.1) is 0 Å². The first-order chi connectivity index (χ1) is 18.6. The number of hydrogen-bond acceptors (Lipinski definition) is 4. The van der Waals surface area contributed by atoms with E-state index < -0.39 is 0 Å². The van der Waals surface area contributed by atoms with Gasteiger partial charge in [0.15, 0.2) is 0 Å². The number of nitrogens with zero attached hydrogens (tertiary/aromatic N) is 3. The van der Waals surface area contributed by atoms with E-state index in [9.17, 15) is 4.79 Å². The van der Waals surface area contributed by atoms with E-state index in [1.807, 2.05) is 0 Å². The van der Waals surface area contributed by atoms with E-state index in [2.05, 4.69) is 44.7 Å². The average molecular weight is 543 g/mol. The van der Waals surface area contributed by atoms with Gasteiger partial charge in [-0.25, -0.2) is 0 Å². The van der Waals surface area contributed by atoms with Crippen LogP contribution in [-0.4, -0.2) is 91.8 Å². The summed E-state index contributed by atoms with van der Waals surface area (Å²) in [5, 5.41) is 0. The summed E-state index contributed by atoms with van der Waals surface area (Å²) in [7, 11) is 4.74. The highest BCUT2D eigenvalue weighted by Gasteiger charge is 2.68. The number of esters is 1. The van der Waals surface area contributed by atoms with E-state index in [1.54, 1.807) is 6.92 Å². The zero-order chi connectivity index (χ0) is 27.6. The Kier molecular flexibility index (Phi) is 7.71. The molecular formula is C34H60N3O2+. The SMILES string of the molecule is CCCN(CCC)C1C[C@H]2[C@@H]3CC[C@H]4C[C@H](OC(C)=O)[C@@H](N5CC[N+](C)(C)CC5)C[C@]4(C)[C@H]3CC[C@@]23CCC13. The lowest BCUT2D eigenvalue weighted by Crippen LogP contribution is -2.64. The minimum atomic E-state index is -0.0771. The quantitative estimate of drug-likeness (QED) is 0.300. The summed E-state index contributed by atoms with van der Waals surface area (Å²) >= 11 is 0. The number of hydrogen-bond donors (Lipinski definition) is 0. The van der Waals surface area contributed by atoms with Crippen LogP contribution in [0.3, 0.4) is 0 Å². The van der Waals surface area contributed by atoms with Gasteiger partial charge in [-0.1, -0.05) is 20.8 Å². The van der Waals surface area contributed by atoms with E-state index in [0.717, 1.165) is 59.6 Å². The summed E-state index contributed by atoms with van der Waals surface area (Å²) in [6.07, 6.45) is 15.3. The lowest BCUT2D eigenvalue weighted by Gasteiger charge is -2.65. The molecule has 5 nitrogen and oxygen atoms in total. The summed E-state index contributed by atoms with van der Waals surface area (Å²) in [6, 6.07) is 1.26. The zero-order valence-electron chi connectivity index (χ0n) is 26.3. The summed E-state index contributed by atoms with van der Waals surface area (Å²) < 4.78 is 7.26. The van der Waals surface area contributed by atoms with Crippen molar-refractivity contribution in [2.75, 3.05) is 53.4 Å². The van der Waals surface area contributed by atoms with Gasteiger partial charge >= 0.3 is 5.97 Å². The summed E-state index contributed by atoms with van der Waals surface area (Å²) in [4.78, 5) is 17.9. The first-order valence-electron chi connectivity index (χ1n) is 17.1. The molecule has 222 valence electrons. The second-order valence-electron chi connectivity index (χ2n) is 16.0. The molecule has 1 spiro atoms. The van der Waals surface area contributed by atoms with Crippen LogP contribution in [0.1, 0.15) is 98.3 Å². The van der Waals surface area contributed by atoms with Crippen LogP contribution in [-0.2, 0) is 9.53 Å². The Labute approximate surface area is 240 Å². The van der Waals surface area contributed by atoms with Gasteiger partial charge in [-0.05, 0) is 124 Å². The van der Waals surface area contributed by atoms with Crippen LogP contribution in [0.15, 0.2) is 0 Å². The molecule has 5 heteroatoms. The van der Waals surface area contributed by atoms with Crippen LogP contribution in [0.25, 0.3) is 0 Å². The number of likely N-dealkylation sites (N-methyl/N-ethyl adjacent to an activating group) is 1. The van der Waals surface area contributed by atoms with Crippen molar-refractivity contribution in [3.05, 3.63) is 0 Å². The second kappa shape index (κ2) is 10.6. The molecule has 0 N–H and O–H groups in total. The molecule has 1 saturated heterocycles. The van der Waals surface area contributed by atoms with Gasteiger partial charge in [0.2, 0.25) is 0 Å². The van der Waals surface area contributed by atoms with E-state index in [1.165, 1.54) is 90.4 Å². The predicted molar refractivity (Wildman–Crippen MR) is 158 cm³/mol. The lowest BCUT2D eigenvalue weighted by atomic mass is 9.41. The topological polar surface area (TPSA) is 32.8 Å². The van der Waals surface area contributed by atoms with E-state index in [-0.39, 0.29) is 12.1 Å². The van der Waals surface area contributed by atoms with Crippen molar-refractivity contribution < 1.29 is 14.0 Å². The summed E-state index contributed by atoms with van der Waals surface area (Å²) in [6.45, 7) is 16.4. The molecule has 0 amide bonds. The molecule has 0 aromatic carbocycles. The molecular weight excluding hydrogens is 482 g/mol. The molecule has 5 saturated carbocycles. The van der Waals surface area contributed by atoms with Crippen LogP contribution in [0.5, 0.6) is 0 Å². The van der Waals surface area contributed by atoms with Crippen molar-refractivity contribution in [3.63, 3.8) is 0 Å². The first-order valence-corrected chi connectivity index (χ1v) is 17.1. The molecule has 39 heavy (non-hydrogen) atoms. The predicted octanol–water partition coefficient (Wildman–Crippen LogP) is 5.82.